The van der Waals surface area contributed by atoms with Gasteiger partial charge in [0.1, 0.15) is 5.56 Å². The fourth-order valence-corrected chi connectivity index (χ4v) is 2.93. The summed E-state index contributed by atoms with van der Waals surface area (Å²) in [6.07, 6.45) is 3.01. The molecule has 1 aromatic heterocycles. The monoisotopic (exact) mass is 378 g/mol. The zero-order chi connectivity index (χ0) is 19.8. The van der Waals surface area contributed by atoms with Gasteiger partial charge in [0.05, 0.1) is 6.61 Å². The fraction of sp³-hybridized carbons (Fsp3) is 0.556. The Morgan fingerprint density at radius 2 is 1.85 bits per heavy atom. The highest BCUT2D eigenvalue weighted by molar-refractivity contribution is 6.35. The Labute approximate surface area is 157 Å². The number of nitrogens with zero attached hydrogens (tertiary/aromatic N) is 2. The summed E-state index contributed by atoms with van der Waals surface area (Å²) in [6, 6.07) is 3.22. The molecule has 1 aliphatic rings. The highest BCUT2D eigenvalue weighted by Crippen LogP contribution is 2.17. The Morgan fingerprint density at radius 1 is 1.19 bits per heavy atom. The van der Waals surface area contributed by atoms with Crippen molar-refractivity contribution in [3.63, 3.8) is 0 Å². The molecule has 0 radical (unpaired) electrons. The van der Waals surface area contributed by atoms with Gasteiger partial charge in [-0.3, -0.25) is 19.2 Å². The average Bonchev–Trinajstić information content (AvgIpc) is 2.68. The second-order valence-corrected chi connectivity index (χ2v) is 6.53. The smallest absolute Gasteiger partial charge is 0.309 e. The second-order valence-electron chi connectivity index (χ2n) is 6.53. The molecule has 0 atom stereocenters. The van der Waals surface area contributed by atoms with Crippen LogP contribution in [-0.4, -0.2) is 67.1 Å². The van der Waals surface area contributed by atoms with E-state index in [0.717, 1.165) is 0 Å². The topological polar surface area (TPSA) is 110 Å². The maximum Gasteiger partial charge on any atom is 0.309 e. The van der Waals surface area contributed by atoms with E-state index in [1.165, 1.54) is 11.7 Å². The number of piperidine rings is 1. The number of aromatic nitrogens is 1. The predicted molar refractivity (Wildman–Crippen MR) is 98.2 cm³/mol. The van der Waals surface area contributed by atoms with Crippen molar-refractivity contribution >= 4 is 17.7 Å². The van der Waals surface area contributed by atoms with Gasteiger partial charge in [0.15, 0.2) is 0 Å². The number of rotatable bonds is 6. The van der Waals surface area contributed by atoms with E-state index in [-0.39, 0.29) is 29.5 Å². The molecule has 2 N–H and O–H groups in total. The van der Waals surface area contributed by atoms with Crippen LogP contribution in [0, 0.1) is 5.92 Å². The number of carbonyl (C=O) groups excluding carboxylic acids is 3. The summed E-state index contributed by atoms with van der Waals surface area (Å²) in [5, 5.41) is 5.08. The van der Waals surface area contributed by atoms with Gasteiger partial charge in [0.25, 0.3) is 11.5 Å². The van der Waals surface area contributed by atoms with Crippen molar-refractivity contribution in [2.24, 2.45) is 13.0 Å². The van der Waals surface area contributed by atoms with Crippen LogP contribution < -0.4 is 16.2 Å². The zero-order valence-electron chi connectivity index (χ0n) is 15.7. The van der Waals surface area contributed by atoms with Gasteiger partial charge in [-0.2, -0.15) is 0 Å². The van der Waals surface area contributed by atoms with Crippen LogP contribution in [0.3, 0.4) is 0 Å². The van der Waals surface area contributed by atoms with Crippen LogP contribution >= 0.6 is 0 Å². The van der Waals surface area contributed by atoms with Gasteiger partial charge in [0, 0.05) is 46.5 Å². The maximum atomic E-state index is 12.5. The Bertz CT molecular complexity index is 738. The third-order valence-corrected chi connectivity index (χ3v) is 4.60. The lowest BCUT2D eigenvalue weighted by Gasteiger charge is -2.32. The van der Waals surface area contributed by atoms with E-state index in [2.05, 4.69) is 10.6 Å². The van der Waals surface area contributed by atoms with E-state index in [0.29, 0.717) is 39.1 Å². The molecule has 1 aliphatic heterocycles. The fourth-order valence-electron chi connectivity index (χ4n) is 2.93. The number of hydrogen-bond donors (Lipinski definition) is 2. The first-order valence-corrected chi connectivity index (χ1v) is 8.94. The normalized spacial score (nSPS) is 14.7. The van der Waals surface area contributed by atoms with Crippen molar-refractivity contribution in [2.45, 2.75) is 12.8 Å². The number of hydrogen-bond acceptors (Lipinski definition) is 5. The lowest BCUT2D eigenvalue weighted by molar-refractivity contribution is -0.139. The second kappa shape index (κ2) is 9.86. The first-order chi connectivity index (χ1) is 12.9. The Balaban J connectivity index is 1.77. The number of amides is 3. The van der Waals surface area contributed by atoms with E-state index in [4.69, 9.17) is 4.74 Å². The molecule has 0 aliphatic carbocycles. The maximum absolute atomic E-state index is 12.5. The van der Waals surface area contributed by atoms with Gasteiger partial charge in [-0.1, -0.05) is 0 Å². The molecule has 2 rings (SSSR count). The van der Waals surface area contributed by atoms with Gasteiger partial charge in [-0.15, -0.1) is 0 Å². The minimum absolute atomic E-state index is 0.166. The standard InChI is InChI=1S/C18H26N4O5/c1-21-8-3-4-14(17(21)25)18(26)22-9-5-13(6-10-22)12-20-16(24)15(23)19-7-11-27-2/h3-4,8,13H,5-7,9-12H2,1-2H3,(H,19,23)(H,20,24). The Morgan fingerprint density at radius 3 is 2.52 bits per heavy atom. The summed E-state index contributed by atoms with van der Waals surface area (Å²) < 4.78 is 6.18. The molecular weight excluding hydrogens is 352 g/mol. The van der Waals surface area contributed by atoms with Crippen LogP contribution in [-0.2, 0) is 21.4 Å². The van der Waals surface area contributed by atoms with E-state index < -0.39 is 11.8 Å². The van der Waals surface area contributed by atoms with Crippen LogP contribution in [0.4, 0.5) is 0 Å². The molecule has 0 bridgehead atoms. The van der Waals surface area contributed by atoms with E-state index >= 15 is 0 Å². The molecule has 0 spiro atoms. The summed E-state index contributed by atoms with van der Waals surface area (Å²) in [5.41, 5.74) is -0.143. The molecule has 1 fully saturated rings. The molecule has 27 heavy (non-hydrogen) atoms. The first-order valence-electron chi connectivity index (χ1n) is 8.94. The average molecular weight is 378 g/mol. The number of likely N-dealkylation sites (tertiary alicyclic amines) is 1. The minimum Gasteiger partial charge on any atom is -0.383 e. The number of methoxy groups -OCH3 is 1. The van der Waals surface area contributed by atoms with Crippen LogP contribution in [0.25, 0.3) is 0 Å². The van der Waals surface area contributed by atoms with Gasteiger partial charge < -0.3 is 24.8 Å². The van der Waals surface area contributed by atoms with Gasteiger partial charge in [0.2, 0.25) is 0 Å². The lowest BCUT2D eigenvalue weighted by Crippen LogP contribution is -2.46. The summed E-state index contributed by atoms with van der Waals surface area (Å²) in [6.45, 7) is 2.03. The predicted octanol–water partition coefficient (Wildman–Crippen LogP) is -0.884. The van der Waals surface area contributed by atoms with Gasteiger partial charge >= 0.3 is 11.8 Å². The van der Waals surface area contributed by atoms with Gasteiger partial charge in [-0.25, -0.2) is 0 Å². The highest BCUT2D eigenvalue weighted by atomic mass is 16.5. The van der Waals surface area contributed by atoms with Gasteiger partial charge in [-0.05, 0) is 30.9 Å². The Hall–Kier alpha value is -2.68. The van der Waals surface area contributed by atoms with Crippen molar-refractivity contribution in [1.82, 2.24) is 20.1 Å². The Kier molecular flexibility index (Phi) is 7.54. The molecule has 0 aromatic carbocycles. The van der Waals surface area contributed by atoms with E-state index in [9.17, 15) is 19.2 Å². The molecule has 9 nitrogen and oxygen atoms in total. The number of carbonyl (C=O) groups is 3. The van der Waals surface area contributed by atoms with E-state index in [1.54, 1.807) is 30.3 Å². The SMILES string of the molecule is COCCNC(=O)C(=O)NCC1CCN(C(=O)c2cccn(C)c2=O)CC1. The number of nitrogens with one attached hydrogen (secondary N) is 2. The lowest BCUT2D eigenvalue weighted by atomic mass is 9.96. The summed E-state index contributed by atoms with van der Waals surface area (Å²) >= 11 is 0. The number of aryl methyl sites for hydroxylation is 1. The van der Waals surface area contributed by atoms with E-state index in [1.807, 2.05) is 0 Å². The van der Waals surface area contributed by atoms with Crippen molar-refractivity contribution in [3.05, 3.63) is 34.2 Å². The molecule has 148 valence electrons. The zero-order valence-corrected chi connectivity index (χ0v) is 15.7. The van der Waals surface area contributed by atoms with Crippen LogP contribution in [0.2, 0.25) is 0 Å². The van der Waals surface area contributed by atoms with Crippen molar-refractivity contribution in [2.75, 3.05) is 39.9 Å². The van der Waals surface area contributed by atoms with Crippen molar-refractivity contribution in [3.8, 4) is 0 Å². The molecule has 0 unspecified atom stereocenters. The van der Waals surface area contributed by atoms with Crippen molar-refractivity contribution in [1.29, 1.82) is 0 Å². The quantitative estimate of drug-likeness (QED) is 0.493. The molecule has 1 aromatic rings. The summed E-state index contributed by atoms with van der Waals surface area (Å²) in [4.78, 5) is 49.6. The van der Waals surface area contributed by atoms with Crippen LogP contribution in [0.15, 0.2) is 23.1 Å². The van der Waals surface area contributed by atoms with Crippen molar-refractivity contribution < 1.29 is 19.1 Å². The first kappa shape index (κ1) is 20.6. The third-order valence-electron chi connectivity index (χ3n) is 4.60. The molecule has 2 heterocycles. The van der Waals surface area contributed by atoms with Crippen LogP contribution in [0.5, 0.6) is 0 Å². The molecular formula is C18H26N4O5. The largest absolute Gasteiger partial charge is 0.383 e. The van der Waals surface area contributed by atoms with Crippen LogP contribution in [0.1, 0.15) is 23.2 Å². The molecule has 0 saturated carbocycles. The number of ether oxygens (including phenoxy) is 1. The highest BCUT2D eigenvalue weighted by Gasteiger charge is 2.26. The third kappa shape index (κ3) is 5.65. The minimum atomic E-state index is -0.681. The molecule has 3 amide bonds. The summed E-state index contributed by atoms with van der Waals surface area (Å²) in [7, 11) is 3.12. The summed E-state index contributed by atoms with van der Waals surface area (Å²) in [5.74, 6) is -1.43. The number of pyridine rings is 1. The molecule has 9 heteroatoms. The molecule has 1 saturated heterocycles.